The van der Waals surface area contributed by atoms with E-state index in [0.717, 1.165) is 24.4 Å². The van der Waals surface area contributed by atoms with Gasteiger partial charge in [-0.1, -0.05) is 31.0 Å². The van der Waals surface area contributed by atoms with E-state index in [-0.39, 0.29) is 16.9 Å². The van der Waals surface area contributed by atoms with Crippen LogP contribution in [-0.4, -0.2) is 24.0 Å². The fourth-order valence-electron chi connectivity index (χ4n) is 3.23. The number of nitrogens with two attached hydrogens (primary N) is 1. The van der Waals surface area contributed by atoms with Crippen molar-refractivity contribution in [3.8, 4) is 0 Å². The Balaban J connectivity index is 2.14. The van der Waals surface area contributed by atoms with Crippen molar-refractivity contribution in [3.05, 3.63) is 34.6 Å². The fraction of sp³-hybridized carbons (Fsp3) is 0.625. The van der Waals surface area contributed by atoms with Gasteiger partial charge in [-0.25, -0.2) is 4.39 Å². The average Bonchev–Trinajstić information content (AvgIpc) is 2.48. The number of nitrogens with zero attached hydrogens (tertiary/aromatic N) is 1. The molecule has 4 heteroatoms. The molecule has 0 saturated carbocycles. The molecule has 2 rings (SSSR count). The van der Waals surface area contributed by atoms with Gasteiger partial charge in [0.1, 0.15) is 5.82 Å². The molecule has 1 aromatic carbocycles. The predicted octanol–water partition coefficient (Wildman–Crippen LogP) is 3.99. The minimum atomic E-state index is -0.359. The maximum Gasteiger partial charge on any atom is 0.141 e. The van der Waals surface area contributed by atoms with Gasteiger partial charge in [-0.3, -0.25) is 4.90 Å². The van der Waals surface area contributed by atoms with Crippen LogP contribution in [0, 0.1) is 11.7 Å². The third-order valence-corrected chi connectivity index (χ3v) is 4.93. The topological polar surface area (TPSA) is 29.3 Å². The maximum atomic E-state index is 13.3. The van der Waals surface area contributed by atoms with Gasteiger partial charge in [-0.15, -0.1) is 0 Å². The maximum absolute atomic E-state index is 13.3. The SMILES string of the molecule is CCC1CCN(C(C)c2ccc(F)c(Cl)c2)C(CN)C1. The van der Waals surface area contributed by atoms with E-state index in [1.807, 2.05) is 6.07 Å². The molecule has 20 heavy (non-hydrogen) atoms. The summed E-state index contributed by atoms with van der Waals surface area (Å²) in [5, 5.41) is 0.196. The number of hydrogen-bond donors (Lipinski definition) is 1. The smallest absolute Gasteiger partial charge is 0.141 e. The zero-order valence-electron chi connectivity index (χ0n) is 12.3. The molecular weight excluding hydrogens is 275 g/mol. The lowest BCUT2D eigenvalue weighted by Gasteiger charge is -2.42. The first-order valence-electron chi connectivity index (χ1n) is 7.47. The molecule has 1 aliphatic rings. The third-order valence-electron chi connectivity index (χ3n) is 4.64. The van der Waals surface area contributed by atoms with Gasteiger partial charge >= 0.3 is 0 Å². The molecule has 3 unspecified atom stereocenters. The van der Waals surface area contributed by atoms with Gasteiger partial charge in [0, 0.05) is 18.6 Å². The Bertz CT molecular complexity index is 452. The summed E-state index contributed by atoms with van der Waals surface area (Å²) in [5.41, 5.74) is 7.01. The fourth-order valence-corrected chi connectivity index (χ4v) is 3.42. The molecule has 2 nitrogen and oxygen atoms in total. The van der Waals surface area contributed by atoms with Crippen molar-refractivity contribution in [1.29, 1.82) is 0 Å². The van der Waals surface area contributed by atoms with E-state index in [4.69, 9.17) is 17.3 Å². The first-order chi connectivity index (χ1) is 9.56. The van der Waals surface area contributed by atoms with Crippen molar-refractivity contribution in [3.63, 3.8) is 0 Å². The molecule has 1 aromatic rings. The van der Waals surface area contributed by atoms with Crippen molar-refractivity contribution in [1.82, 2.24) is 4.90 Å². The number of halogens is 2. The minimum Gasteiger partial charge on any atom is -0.329 e. The lowest BCUT2D eigenvalue weighted by Crippen LogP contribution is -2.47. The highest BCUT2D eigenvalue weighted by Crippen LogP contribution is 2.33. The summed E-state index contributed by atoms with van der Waals surface area (Å²) in [6, 6.07) is 5.64. The molecule has 0 radical (unpaired) electrons. The molecule has 3 atom stereocenters. The predicted molar refractivity (Wildman–Crippen MR) is 82.4 cm³/mol. The zero-order valence-corrected chi connectivity index (χ0v) is 13.0. The molecule has 0 bridgehead atoms. The monoisotopic (exact) mass is 298 g/mol. The normalized spacial score (nSPS) is 25.6. The Labute approximate surface area is 126 Å². The molecule has 0 spiro atoms. The standard InChI is InChI=1S/C16H24ClFN2/c1-3-12-6-7-20(14(8-12)10-19)11(2)13-4-5-16(18)15(17)9-13/h4-5,9,11-12,14H,3,6-8,10,19H2,1-2H3. The average molecular weight is 299 g/mol. The lowest BCUT2D eigenvalue weighted by atomic mass is 9.87. The summed E-state index contributed by atoms with van der Waals surface area (Å²) < 4.78 is 13.3. The Morgan fingerprint density at radius 2 is 2.25 bits per heavy atom. The van der Waals surface area contributed by atoms with Gasteiger partial charge in [0.2, 0.25) is 0 Å². The van der Waals surface area contributed by atoms with Crippen molar-refractivity contribution in [2.45, 2.75) is 45.2 Å². The van der Waals surface area contributed by atoms with Crippen molar-refractivity contribution < 1.29 is 4.39 Å². The number of rotatable bonds is 4. The van der Waals surface area contributed by atoms with Crippen LogP contribution in [0.15, 0.2) is 18.2 Å². The summed E-state index contributed by atoms with van der Waals surface area (Å²) in [5.74, 6) is 0.423. The van der Waals surface area contributed by atoms with E-state index in [1.165, 1.54) is 18.9 Å². The summed E-state index contributed by atoms with van der Waals surface area (Å²) in [4.78, 5) is 2.44. The summed E-state index contributed by atoms with van der Waals surface area (Å²) in [6.45, 7) is 6.13. The molecule has 112 valence electrons. The molecule has 0 aromatic heterocycles. The van der Waals surface area contributed by atoms with Crippen molar-refractivity contribution in [2.75, 3.05) is 13.1 Å². The van der Waals surface area contributed by atoms with E-state index in [0.29, 0.717) is 12.6 Å². The second kappa shape index (κ2) is 6.88. The highest BCUT2D eigenvalue weighted by Gasteiger charge is 2.30. The number of piperidine rings is 1. The van der Waals surface area contributed by atoms with E-state index >= 15 is 0 Å². The van der Waals surface area contributed by atoms with Crippen LogP contribution >= 0.6 is 11.6 Å². The number of benzene rings is 1. The van der Waals surface area contributed by atoms with Gasteiger partial charge in [0.05, 0.1) is 5.02 Å². The largest absolute Gasteiger partial charge is 0.329 e. The van der Waals surface area contributed by atoms with Crippen LogP contribution < -0.4 is 5.73 Å². The lowest BCUT2D eigenvalue weighted by molar-refractivity contribution is 0.0772. The second-order valence-electron chi connectivity index (χ2n) is 5.78. The van der Waals surface area contributed by atoms with Gasteiger partial charge in [-0.05, 0) is 49.9 Å². The Morgan fingerprint density at radius 1 is 1.50 bits per heavy atom. The van der Waals surface area contributed by atoms with Crippen LogP contribution in [0.2, 0.25) is 5.02 Å². The Morgan fingerprint density at radius 3 is 2.85 bits per heavy atom. The number of hydrogen-bond acceptors (Lipinski definition) is 2. The molecule has 1 heterocycles. The molecule has 1 aliphatic heterocycles. The molecule has 2 N–H and O–H groups in total. The van der Waals surface area contributed by atoms with Gasteiger partial charge in [-0.2, -0.15) is 0 Å². The minimum absolute atomic E-state index is 0.196. The van der Waals surface area contributed by atoms with E-state index in [2.05, 4.69) is 18.7 Å². The Hall–Kier alpha value is -0.640. The van der Waals surface area contributed by atoms with E-state index in [9.17, 15) is 4.39 Å². The highest BCUT2D eigenvalue weighted by molar-refractivity contribution is 6.30. The van der Waals surface area contributed by atoms with Crippen LogP contribution in [0.3, 0.4) is 0 Å². The molecule has 1 fully saturated rings. The van der Waals surface area contributed by atoms with Crippen LogP contribution in [0.25, 0.3) is 0 Å². The summed E-state index contributed by atoms with van der Waals surface area (Å²) >= 11 is 5.89. The quantitative estimate of drug-likeness (QED) is 0.911. The second-order valence-corrected chi connectivity index (χ2v) is 6.18. The number of likely N-dealkylation sites (tertiary alicyclic amines) is 1. The van der Waals surface area contributed by atoms with E-state index < -0.39 is 0 Å². The van der Waals surface area contributed by atoms with Crippen LogP contribution in [0.5, 0.6) is 0 Å². The molecule has 0 amide bonds. The van der Waals surface area contributed by atoms with Crippen LogP contribution in [0.4, 0.5) is 4.39 Å². The molecular formula is C16H24ClFN2. The van der Waals surface area contributed by atoms with Gasteiger partial charge in [0.25, 0.3) is 0 Å². The summed E-state index contributed by atoms with van der Waals surface area (Å²) in [7, 11) is 0. The van der Waals surface area contributed by atoms with Crippen molar-refractivity contribution >= 4 is 11.6 Å². The molecule has 1 saturated heterocycles. The van der Waals surface area contributed by atoms with E-state index in [1.54, 1.807) is 6.07 Å². The van der Waals surface area contributed by atoms with Crippen LogP contribution in [0.1, 0.15) is 44.7 Å². The first-order valence-corrected chi connectivity index (χ1v) is 7.85. The van der Waals surface area contributed by atoms with Crippen LogP contribution in [-0.2, 0) is 0 Å². The van der Waals surface area contributed by atoms with Gasteiger partial charge < -0.3 is 5.73 Å². The zero-order chi connectivity index (χ0) is 14.7. The van der Waals surface area contributed by atoms with Crippen molar-refractivity contribution in [2.24, 2.45) is 11.7 Å². The highest BCUT2D eigenvalue weighted by atomic mass is 35.5. The third kappa shape index (κ3) is 3.33. The summed E-state index contributed by atoms with van der Waals surface area (Å²) in [6.07, 6.45) is 3.60. The van der Waals surface area contributed by atoms with Gasteiger partial charge in [0.15, 0.2) is 0 Å². The first kappa shape index (κ1) is 15.7. The molecule has 0 aliphatic carbocycles. The Kier molecular flexibility index (Phi) is 5.42.